The molecule has 0 radical (unpaired) electrons. The molecule has 2 aliphatic rings. The highest BCUT2D eigenvalue weighted by molar-refractivity contribution is 5.97. The standard InChI is InChI=1S/C19H27N3O4/c1-20-9-11-22(12-10-20)18(24)14-5-7-21(8-6-14)19(25)16-4-3-15(26-2)13-17(16)23/h3-4,13-14,23H,5-12H2,1-2H3. The van der Waals surface area contributed by atoms with Crippen molar-refractivity contribution in [3.05, 3.63) is 23.8 Å². The number of carbonyl (C=O) groups is 2. The van der Waals surface area contributed by atoms with Crippen molar-refractivity contribution in [3.63, 3.8) is 0 Å². The van der Waals surface area contributed by atoms with Crippen LogP contribution in [0.15, 0.2) is 18.2 Å². The fourth-order valence-corrected chi connectivity index (χ4v) is 3.60. The molecule has 7 heteroatoms. The highest BCUT2D eigenvalue weighted by Gasteiger charge is 2.32. The number of amides is 2. The number of nitrogens with zero attached hydrogens (tertiary/aromatic N) is 3. The van der Waals surface area contributed by atoms with Crippen LogP contribution in [0.1, 0.15) is 23.2 Å². The van der Waals surface area contributed by atoms with Crippen molar-refractivity contribution < 1.29 is 19.4 Å². The summed E-state index contributed by atoms with van der Waals surface area (Å²) >= 11 is 0. The summed E-state index contributed by atoms with van der Waals surface area (Å²) in [5, 5.41) is 10.1. The van der Waals surface area contributed by atoms with Crippen LogP contribution in [0.5, 0.6) is 11.5 Å². The average molecular weight is 361 g/mol. The molecule has 0 aliphatic carbocycles. The zero-order valence-electron chi connectivity index (χ0n) is 15.5. The van der Waals surface area contributed by atoms with E-state index < -0.39 is 0 Å². The number of ether oxygens (including phenoxy) is 1. The van der Waals surface area contributed by atoms with Gasteiger partial charge in [0.25, 0.3) is 5.91 Å². The lowest BCUT2D eigenvalue weighted by Gasteiger charge is -2.37. The first kappa shape index (κ1) is 18.5. The van der Waals surface area contributed by atoms with E-state index in [1.807, 2.05) is 4.90 Å². The van der Waals surface area contributed by atoms with Gasteiger partial charge >= 0.3 is 0 Å². The second kappa shape index (κ2) is 7.95. The van der Waals surface area contributed by atoms with Gasteiger partial charge in [-0.15, -0.1) is 0 Å². The van der Waals surface area contributed by atoms with Gasteiger partial charge in [0.15, 0.2) is 0 Å². The molecular weight excluding hydrogens is 334 g/mol. The summed E-state index contributed by atoms with van der Waals surface area (Å²) in [5.41, 5.74) is 0.273. The van der Waals surface area contributed by atoms with E-state index in [1.165, 1.54) is 13.2 Å². The second-order valence-electron chi connectivity index (χ2n) is 7.08. The summed E-state index contributed by atoms with van der Waals surface area (Å²) in [7, 11) is 3.58. The predicted octanol–water partition coefficient (Wildman–Crippen LogP) is 1.03. The van der Waals surface area contributed by atoms with Crippen molar-refractivity contribution >= 4 is 11.8 Å². The fourth-order valence-electron chi connectivity index (χ4n) is 3.60. The smallest absolute Gasteiger partial charge is 0.257 e. The molecule has 2 heterocycles. The number of phenols is 1. The van der Waals surface area contributed by atoms with Crippen LogP contribution in [0.2, 0.25) is 0 Å². The molecular formula is C19H27N3O4. The van der Waals surface area contributed by atoms with Crippen molar-refractivity contribution in [1.82, 2.24) is 14.7 Å². The van der Waals surface area contributed by atoms with Crippen LogP contribution in [0.3, 0.4) is 0 Å². The Balaban J connectivity index is 1.56. The monoisotopic (exact) mass is 361 g/mol. The summed E-state index contributed by atoms with van der Waals surface area (Å²) in [6.45, 7) is 4.48. The van der Waals surface area contributed by atoms with Crippen LogP contribution in [0.25, 0.3) is 0 Å². The van der Waals surface area contributed by atoms with Crippen molar-refractivity contribution in [2.75, 3.05) is 53.4 Å². The lowest BCUT2D eigenvalue weighted by Crippen LogP contribution is -2.51. The molecule has 1 aromatic carbocycles. The Morgan fingerprint density at radius 1 is 1.04 bits per heavy atom. The van der Waals surface area contributed by atoms with E-state index in [-0.39, 0.29) is 29.0 Å². The first-order valence-electron chi connectivity index (χ1n) is 9.13. The van der Waals surface area contributed by atoms with E-state index in [0.717, 1.165) is 26.2 Å². The van der Waals surface area contributed by atoms with E-state index in [1.54, 1.807) is 17.0 Å². The quantitative estimate of drug-likeness (QED) is 0.870. The molecule has 7 nitrogen and oxygen atoms in total. The van der Waals surface area contributed by atoms with Gasteiger partial charge in [0.05, 0.1) is 12.7 Å². The number of hydrogen-bond donors (Lipinski definition) is 1. The molecule has 0 atom stereocenters. The second-order valence-corrected chi connectivity index (χ2v) is 7.08. The topological polar surface area (TPSA) is 73.3 Å². The maximum absolute atomic E-state index is 12.7. The third kappa shape index (κ3) is 3.93. The molecule has 2 saturated heterocycles. The summed E-state index contributed by atoms with van der Waals surface area (Å²) in [6.07, 6.45) is 1.35. The Kier molecular flexibility index (Phi) is 5.66. The SMILES string of the molecule is COc1ccc(C(=O)N2CCC(C(=O)N3CCN(C)CC3)CC2)c(O)c1. The van der Waals surface area contributed by atoms with Gasteiger partial charge in [0, 0.05) is 51.3 Å². The van der Waals surface area contributed by atoms with Crippen molar-refractivity contribution in [1.29, 1.82) is 0 Å². The Hall–Kier alpha value is -2.28. The lowest BCUT2D eigenvalue weighted by molar-refractivity contribution is -0.138. The van der Waals surface area contributed by atoms with Gasteiger partial charge in [0.1, 0.15) is 11.5 Å². The lowest BCUT2D eigenvalue weighted by atomic mass is 9.94. The van der Waals surface area contributed by atoms with Crippen LogP contribution >= 0.6 is 0 Å². The number of piperidine rings is 1. The minimum absolute atomic E-state index is 0.00748. The fraction of sp³-hybridized carbons (Fsp3) is 0.579. The third-order valence-corrected chi connectivity index (χ3v) is 5.38. The van der Waals surface area contributed by atoms with Gasteiger partial charge in [-0.05, 0) is 32.0 Å². The first-order valence-corrected chi connectivity index (χ1v) is 9.13. The summed E-state index contributed by atoms with van der Waals surface area (Å²) in [6, 6.07) is 4.69. The van der Waals surface area contributed by atoms with Crippen molar-refractivity contribution in [3.8, 4) is 11.5 Å². The summed E-state index contributed by atoms with van der Waals surface area (Å²) in [4.78, 5) is 31.2. The molecule has 2 fully saturated rings. The molecule has 26 heavy (non-hydrogen) atoms. The van der Waals surface area contributed by atoms with Crippen LogP contribution in [-0.2, 0) is 4.79 Å². The molecule has 0 saturated carbocycles. The minimum atomic E-state index is -0.198. The molecule has 1 N–H and O–H groups in total. The average Bonchev–Trinajstić information content (AvgIpc) is 2.67. The number of phenolic OH excluding ortho intramolecular Hbond substituents is 1. The Morgan fingerprint density at radius 2 is 1.69 bits per heavy atom. The third-order valence-electron chi connectivity index (χ3n) is 5.38. The zero-order chi connectivity index (χ0) is 18.7. The van der Waals surface area contributed by atoms with Crippen molar-refractivity contribution in [2.45, 2.75) is 12.8 Å². The van der Waals surface area contributed by atoms with Gasteiger partial charge in [-0.3, -0.25) is 9.59 Å². The molecule has 1 aromatic rings. The van der Waals surface area contributed by atoms with E-state index in [0.29, 0.717) is 31.7 Å². The van der Waals surface area contributed by atoms with Gasteiger partial charge in [-0.2, -0.15) is 0 Å². The molecule has 2 aliphatic heterocycles. The molecule has 142 valence electrons. The van der Waals surface area contributed by atoms with Gasteiger partial charge in [0.2, 0.25) is 5.91 Å². The first-order chi connectivity index (χ1) is 12.5. The minimum Gasteiger partial charge on any atom is -0.507 e. The number of likely N-dealkylation sites (N-methyl/N-ethyl adjacent to an activating group) is 1. The largest absolute Gasteiger partial charge is 0.507 e. The van der Waals surface area contributed by atoms with Crippen molar-refractivity contribution in [2.24, 2.45) is 5.92 Å². The van der Waals surface area contributed by atoms with E-state index >= 15 is 0 Å². The molecule has 2 amide bonds. The molecule has 0 spiro atoms. The van der Waals surface area contributed by atoms with E-state index in [2.05, 4.69) is 11.9 Å². The van der Waals surface area contributed by atoms with Crippen LogP contribution in [0.4, 0.5) is 0 Å². The number of likely N-dealkylation sites (tertiary alicyclic amines) is 1. The molecule has 0 aromatic heterocycles. The normalized spacial score (nSPS) is 19.5. The zero-order valence-corrected chi connectivity index (χ0v) is 15.5. The van der Waals surface area contributed by atoms with Crippen LogP contribution in [0, 0.1) is 5.92 Å². The number of piperazine rings is 1. The van der Waals surface area contributed by atoms with Crippen LogP contribution in [-0.4, -0.2) is 85.0 Å². The predicted molar refractivity (Wildman–Crippen MR) is 97.4 cm³/mol. The van der Waals surface area contributed by atoms with Gasteiger partial charge < -0.3 is 24.5 Å². The number of carbonyl (C=O) groups excluding carboxylic acids is 2. The number of rotatable bonds is 3. The maximum Gasteiger partial charge on any atom is 0.257 e. The number of hydrogen-bond acceptors (Lipinski definition) is 5. The highest BCUT2D eigenvalue weighted by atomic mass is 16.5. The highest BCUT2D eigenvalue weighted by Crippen LogP contribution is 2.27. The van der Waals surface area contributed by atoms with E-state index in [4.69, 9.17) is 4.74 Å². The maximum atomic E-state index is 12.7. The van der Waals surface area contributed by atoms with Gasteiger partial charge in [-0.25, -0.2) is 0 Å². The Morgan fingerprint density at radius 3 is 2.27 bits per heavy atom. The molecule has 0 unspecified atom stereocenters. The van der Waals surface area contributed by atoms with E-state index in [9.17, 15) is 14.7 Å². The number of aromatic hydroxyl groups is 1. The number of methoxy groups -OCH3 is 1. The molecule has 3 rings (SSSR count). The molecule has 0 bridgehead atoms. The van der Waals surface area contributed by atoms with Crippen LogP contribution < -0.4 is 4.74 Å². The van der Waals surface area contributed by atoms with Gasteiger partial charge in [-0.1, -0.05) is 0 Å². The number of benzene rings is 1. The summed E-state index contributed by atoms with van der Waals surface area (Å²) in [5.74, 6) is 0.445. The Labute approximate surface area is 154 Å². The Bertz CT molecular complexity index is 663. The summed E-state index contributed by atoms with van der Waals surface area (Å²) < 4.78 is 5.05.